The Bertz CT molecular complexity index is 736. The number of carbonyl (C=O) groups is 1. The third-order valence-electron chi connectivity index (χ3n) is 5.69. The van der Waals surface area contributed by atoms with E-state index in [9.17, 15) is 4.79 Å². The lowest BCUT2D eigenvalue weighted by atomic mass is 9.74. The van der Waals surface area contributed by atoms with Crippen LogP contribution in [0.1, 0.15) is 43.2 Å². The lowest BCUT2D eigenvalue weighted by Gasteiger charge is -2.43. The van der Waals surface area contributed by atoms with Crippen molar-refractivity contribution in [3.05, 3.63) is 53.9 Å². The molecule has 1 N–H and O–H groups in total. The minimum Gasteiger partial charge on any atom is -0.350 e. The van der Waals surface area contributed by atoms with Gasteiger partial charge in [0.1, 0.15) is 0 Å². The number of anilines is 1. The van der Waals surface area contributed by atoms with Crippen LogP contribution in [0.15, 0.2) is 42.7 Å². The first-order valence-corrected chi connectivity index (χ1v) is 9.12. The van der Waals surface area contributed by atoms with Crippen LogP contribution in [0, 0.1) is 0 Å². The number of hydrogen-bond donors (Lipinski definition) is 1. The van der Waals surface area contributed by atoms with Crippen LogP contribution in [-0.2, 0) is 11.2 Å². The lowest BCUT2D eigenvalue weighted by Crippen LogP contribution is -2.53. The summed E-state index contributed by atoms with van der Waals surface area (Å²) in [6, 6.07) is 10.4. The first-order chi connectivity index (χ1) is 12.2. The molecule has 4 rings (SSSR count). The SMILES string of the molecule is CCc1cnc(N2CCC3(CC2)NC(=O)C[C@H]3c2ccccc2)nc1. The fourth-order valence-corrected chi connectivity index (χ4v) is 4.19. The Morgan fingerprint density at radius 2 is 1.84 bits per heavy atom. The first-order valence-electron chi connectivity index (χ1n) is 9.12. The molecule has 130 valence electrons. The highest BCUT2D eigenvalue weighted by molar-refractivity contribution is 5.81. The van der Waals surface area contributed by atoms with Gasteiger partial charge >= 0.3 is 0 Å². The molecular weight excluding hydrogens is 312 g/mol. The number of hydrogen-bond acceptors (Lipinski definition) is 4. The molecule has 1 amide bonds. The van der Waals surface area contributed by atoms with E-state index in [-0.39, 0.29) is 17.4 Å². The van der Waals surface area contributed by atoms with Crippen molar-refractivity contribution in [3.63, 3.8) is 0 Å². The van der Waals surface area contributed by atoms with Crippen LogP contribution in [0.4, 0.5) is 5.95 Å². The fraction of sp³-hybridized carbons (Fsp3) is 0.450. The number of benzene rings is 1. The normalized spacial score (nSPS) is 22.2. The minimum atomic E-state index is -0.127. The number of amides is 1. The summed E-state index contributed by atoms with van der Waals surface area (Å²) >= 11 is 0. The standard InChI is InChI=1S/C20H24N4O/c1-2-15-13-21-19(22-14-15)24-10-8-20(9-11-24)17(12-18(25)23-20)16-6-4-3-5-7-16/h3-7,13-14,17H,2,8-12H2,1H3,(H,23,25)/t17-/m0/s1. The number of piperidine rings is 1. The summed E-state index contributed by atoms with van der Waals surface area (Å²) < 4.78 is 0. The van der Waals surface area contributed by atoms with E-state index in [0.717, 1.165) is 43.9 Å². The van der Waals surface area contributed by atoms with Crippen LogP contribution in [0.5, 0.6) is 0 Å². The van der Waals surface area contributed by atoms with Crippen molar-refractivity contribution in [2.24, 2.45) is 0 Å². The van der Waals surface area contributed by atoms with Crippen molar-refractivity contribution >= 4 is 11.9 Å². The van der Waals surface area contributed by atoms with Gasteiger partial charge < -0.3 is 10.2 Å². The van der Waals surface area contributed by atoms with E-state index < -0.39 is 0 Å². The summed E-state index contributed by atoms with van der Waals surface area (Å²) in [5.41, 5.74) is 2.29. The zero-order valence-electron chi connectivity index (χ0n) is 14.6. The molecule has 2 fully saturated rings. The average molecular weight is 336 g/mol. The zero-order valence-corrected chi connectivity index (χ0v) is 14.6. The molecule has 1 spiro atoms. The van der Waals surface area contributed by atoms with Crippen LogP contribution in [0.2, 0.25) is 0 Å². The summed E-state index contributed by atoms with van der Waals surface area (Å²) in [7, 11) is 0. The van der Waals surface area contributed by atoms with Gasteiger partial charge in [0, 0.05) is 37.8 Å². The van der Waals surface area contributed by atoms with Gasteiger partial charge in [-0.15, -0.1) is 0 Å². The second-order valence-electron chi connectivity index (χ2n) is 7.10. The molecule has 1 aromatic carbocycles. The number of nitrogens with zero attached hydrogens (tertiary/aromatic N) is 3. The Balaban J connectivity index is 1.51. The molecule has 0 radical (unpaired) electrons. The Morgan fingerprint density at radius 1 is 1.16 bits per heavy atom. The largest absolute Gasteiger partial charge is 0.350 e. The van der Waals surface area contributed by atoms with E-state index in [1.165, 1.54) is 5.56 Å². The van der Waals surface area contributed by atoms with Gasteiger partial charge in [-0.3, -0.25) is 4.79 Å². The minimum absolute atomic E-state index is 0.127. The summed E-state index contributed by atoms with van der Waals surface area (Å²) in [6.07, 6.45) is 7.22. The van der Waals surface area contributed by atoms with Crippen LogP contribution in [0.25, 0.3) is 0 Å². The predicted molar refractivity (Wildman–Crippen MR) is 97.5 cm³/mol. The molecule has 3 heterocycles. The summed E-state index contributed by atoms with van der Waals surface area (Å²) in [5.74, 6) is 1.23. The van der Waals surface area contributed by atoms with E-state index in [1.807, 2.05) is 18.5 Å². The molecule has 1 aromatic heterocycles. The fourth-order valence-electron chi connectivity index (χ4n) is 4.19. The highest BCUT2D eigenvalue weighted by Gasteiger charge is 2.48. The van der Waals surface area contributed by atoms with Crippen molar-refractivity contribution < 1.29 is 4.79 Å². The van der Waals surface area contributed by atoms with E-state index in [0.29, 0.717) is 6.42 Å². The second kappa shape index (κ2) is 6.47. The first kappa shape index (κ1) is 16.1. The van der Waals surface area contributed by atoms with Crippen molar-refractivity contribution in [1.29, 1.82) is 0 Å². The van der Waals surface area contributed by atoms with Gasteiger partial charge in [0.25, 0.3) is 0 Å². The third-order valence-corrected chi connectivity index (χ3v) is 5.69. The van der Waals surface area contributed by atoms with Crippen molar-refractivity contribution in [1.82, 2.24) is 15.3 Å². The summed E-state index contributed by atoms with van der Waals surface area (Å²) in [4.78, 5) is 23.4. The Hall–Kier alpha value is -2.43. The zero-order chi connectivity index (χ0) is 17.3. The number of rotatable bonds is 3. The Morgan fingerprint density at radius 3 is 2.48 bits per heavy atom. The topological polar surface area (TPSA) is 58.1 Å². The van der Waals surface area contributed by atoms with Crippen molar-refractivity contribution in [3.8, 4) is 0 Å². The van der Waals surface area contributed by atoms with Gasteiger partial charge in [-0.2, -0.15) is 0 Å². The van der Waals surface area contributed by atoms with Crippen molar-refractivity contribution in [2.75, 3.05) is 18.0 Å². The second-order valence-corrected chi connectivity index (χ2v) is 7.10. The van der Waals surface area contributed by atoms with Crippen LogP contribution in [0.3, 0.4) is 0 Å². The van der Waals surface area contributed by atoms with Gasteiger partial charge in [-0.25, -0.2) is 9.97 Å². The maximum absolute atomic E-state index is 12.2. The maximum Gasteiger partial charge on any atom is 0.225 e. The Kier molecular flexibility index (Phi) is 4.15. The third kappa shape index (κ3) is 2.99. The van der Waals surface area contributed by atoms with Gasteiger partial charge in [0.05, 0.1) is 5.54 Å². The molecule has 2 saturated heterocycles. The van der Waals surface area contributed by atoms with Gasteiger partial charge in [-0.1, -0.05) is 37.3 Å². The van der Waals surface area contributed by atoms with E-state index in [1.54, 1.807) is 0 Å². The van der Waals surface area contributed by atoms with Crippen LogP contribution >= 0.6 is 0 Å². The van der Waals surface area contributed by atoms with Gasteiger partial charge in [0.15, 0.2) is 0 Å². The molecule has 5 heteroatoms. The number of carbonyl (C=O) groups excluding carboxylic acids is 1. The molecule has 1 atom stereocenters. The van der Waals surface area contributed by atoms with Crippen LogP contribution in [-0.4, -0.2) is 34.5 Å². The van der Waals surface area contributed by atoms with Crippen molar-refractivity contribution in [2.45, 2.75) is 44.1 Å². The molecule has 0 saturated carbocycles. The molecule has 5 nitrogen and oxygen atoms in total. The van der Waals surface area contributed by atoms with Crippen LogP contribution < -0.4 is 10.2 Å². The van der Waals surface area contributed by atoms with E-state index >= 15 is 0 Å². The highest BCUT2D eigenvalue weighted by atomic mass is 16.2. The molecular formula is C20H24N4O. The molecule has 2 aromatic rings. The van der Waals surface area contributed by atoms with E-state index in [2.05, 4.69) is 51.4 Å². The monoisotopic (exact) mass is 336 g/mol. The van der Waals surface area contributed by atoms with Gasteiger partial charge in [-0.05, 0) is 30.4 Å². The summed E-state index contributed by atoms with van der Waals surface area (Å²) in [6.45, 7) is 3.85. The number of aryl methyl sites for hydroxylation is 1. The Labute approximate surface area is 148 Å². The molecule has 25 heavy (non-hydrogen) atoms. The lowest BCUT2D eigenvalue weighted by molar-refractivity contribution is -0.119. The number of nitrogens with one attached hydrogen (secondary N) is 1. The average Bonchev–Trinajstić information content (AvgIpc) is 2.99. The molecule has 0 unspecified atom stereocenters. The van der Waals surface area contributed by atoms with Gasteiger partial charge in [0.2, 0.25) is 11.9 Å². The molecule has 0 bridgehead atoms. The summed E-state index contributed by atoms with van der Waals surface area (Å²) in [5, 5.41) is 3.30. The molecule has 0 aliphatic carbocycles. The maximum atomic E-state index is 12.2. The van der Waals surface area contributed by atoms with E-state index in [4.69, 9.17) is 0 Å². The molecule has 2 aliphatic heterocycles. The smallest absolute Gasteiger partial charge is 0.225 e. The predicted octanol–water partition coefficient (Wildman–Crippen LogP) is 2.68. The quantitative estimate of drug-likeness (QED) is 0.936. The number of aromatic nitrogens is 2. The molecule has 2 aliphatic rings. The highest BCUT2D eigenvalue weighted by Crippen LogP contribution is 2.43.